The monoisotopic (exact) mass is 456 g/mol. The Morgan fingerprint density at radius 1 is 1.19 bits per heavy atom. The van der Waals surface area contributed by atoms with Crippen LogP contribution in [0.5, 0.6) is 11.5 Å². The van der Waals surface area contributed by atoms with Gasteiger partial charge < -0.3 is 19.5 Å². The zero-order valence-corrected chi connectivity index (χ0v) is 17.5. The summed E-state index contributed by atoms with van der Waals surface area (Å²) >= 11 is 0. The quantitative estimate of drug-likeness (QED) is 0.656. The van der Waals surface area contributed by atoms with Gasteiger partial charge in [0.15, 0.2) is 0 Å². The number of rotatable bonds is 8. The van der Waals surface area contributed by atoms with Crippen molar-refractivity contribution < 1.29 is 36.2 Å². The molecule has 1 amide bonds. The predicted molar refractivity (Wildman–Crippen MR) is 108 cm³/mol. The number of alkyl halides is 2. The largest absolute Gasteiger partial charge is 0.495 e. The van der Waals surface area contributed by atoms with Crippen molar-refractivity contribution in [1.29, 1.82) is 0 Å². The summed E-state index contributed by atoms with van der Waals surface area (Å²) in [6.07, 6.45) is -0.129. The van der Waals surface area contributed by atoms with Crippen molar-refractivity contribution in [3.63, 3.8) is 0 Å². The lowest BCUT2D eigenvalue weighted by molar-refractivity contribution is -0.115. The second-order valence-corrected chi connectivity index (χ2v) is 8.54. The van der Waals surface area contributed by atoms with Crippen LogP contribution >= 0.6 is 0 Å². The van der Waals surface area contributed by atoms with Crippen LogP contribution in [0, 0.1) is 0 Å². The molecule has 1 saturated heterocycles. The third-order valence-electron chi connectivity index (χ3n) is 4.52. The molecule has 1 aliphatic rings. The molecule has 0 aromatic heterocycles. The lowest BCUT2D eigenvalue weighted by Crippen LogP contribution is -2.40. The zero-order chi connectivity index (χ0) is 22.4. The topological polar surface area (TPSA) is 94.2 Å². The first-order valence-corrected chi connectivity index (χ1v) is 10.8. The van der Waals surface area contributed by atoms with Gasteiger partial charge in [0.2, 0.25) is 15.9 Å². The minimum Gasteiger partial charge on any atom is -0.495 e. The van der Waals surface area contributed by atoms with E-state index in [2.05, 4.69) is 10.1 Å². The van der Waals surface area contributed by atoms with Crippen molar-refractivity contribution in [3.8, 4) is 11.5 Å². The number of sulfonamides is 1. The summed E-state index contributed by atoms with van der Waals surface area (Å²) < 4.78 is 66.8. The fourth-order valence-corrected chi connectivity index (χ4v) is 4.71. The van der Waals surface area contributed by atoms with E-state index in [4.69, 9.17) is 9.47 Å². The number of nitrogens with zero attached hydrogens (tertiary/aromatic N) is 1. The third-order valence-corrected chi connectivity index (χ3v) is 6.44. The molecular weight excluding hydrogens is 434 g/mol. The number of anilines is 1. The van der Waals surface area contributed by atoms with Crippen LogP contribution in [0.1, 0.15) is 5.56 Å². The van der Waals surface area contributed by atoms with Crippen LogP contribution in [0.4, 0.5) is 14.5 Å². The van der Waals surface area contributed by atoms with Crippen molar-refractivity contribution in [1.82, 2.24) is 4.31 Å². The van der Waals surface area contributed by atoms with Gasteiger partial charge in [-0.25, -0.2) is 8.42 Å². The number of carbonyl (C=O) groups is 1. The van der Waals surface area contributed by atoms with E-state index in [0.29, 0.717) is 18.8 Å². The first-order valence-electron chi connectivity index (χ1n) is 9.39. The van der Waals surface area contributed by atoms with Crippen molar-refractivity contribution in [3.05, 3.63) is 48.0 Å². The molecule has 11 heteroatoms. The molecule has 0 spiro atoms. The molecular formula is C20H22F2N2O6S. The number of halogens is 2. The molecule has 1 heterocycles. The average molecular weight is 456 g/mol. The SMILES string of the molecule is COc1ccc(CC(=O)Nc2cccc(OC(F)F)c2)cc1S(=O)(=O)N1CCOCC1. The van der Waals surface area contributed by atoms with Gasteiger partial charge in [-0.3, -0.25) is 4.79 Å². The first-order chi connectivity index (χ1) is 14.8. The van der Waals surface area contributed by atoms with Crippen molar-refractivity contribution in [2.75, 3.05) is 38.7 Å². The maximum Gasteiger partial charge on any atom is 0.387 e. The van der Waals surface area contributed by atoms with E-state index in [0.717, 1.165) is 0 Å². The molecule has 1 aliphatic heterocycles. The average Bonchev–Trinajstić information content (AvgIpc) is 2.74. The van der Waals surface area contributed by atoms with Gasteiger partial charge in [0.05, 0.1) is 26.7 Å². The number of morpholine rings is 1. The van der Waals surface area contributed by atoms with E-state index in [1.165, 1.54) is 47.8 Å². The molecule has 0 bridgehead atoms. The molecule has 3 rings (SSSR count). The molecule has 2 aromatic rings. The number of methoxy groups -OCH3 is 1. The van der Waals surface area contributed by atoms with E-state index in [-0.39, 0.29) is 41.6 Å². The number of nitrogens with one attached hydrogen (secondary N) is 1. The number of benzene rings is 2. The highest BCUT2D eigenvalue weighted by Crippen LogP contribution is 2.29. The van der Waals surface area contributed by atoms with Crippen LogP contribution < -0.4 is 14.8 Å². The number of hydrogen-bond acceptors (Lipinski definition) is 6. The lowest BCUT2D eigenvalue weighted by Gasteiger charge is -2.26. The Hall–Kier alpha value is -2.76. The maximum absolute atomic E-state index is 13.0. The fourth-order valence-electron chi connectivity index (χ4n) is 3.10. The van der Waals surface area contributed by atoms with Gasteiger partial charge in [-0.1, -0.05) is 12.1 Å². The number of hydrogen-bond donors (Lipinski definition) is 1. The molecule has 0 unspecified atom stereocenters. The number of carbonyl (C=O) groups excluding carboxylic acids is 1. The number of amides is 1. The third kappa shape index (κ3) is 5.90. The van der Waals surface area contributed by atoms with Gasteiger partial charge in [0.25, 0.3) is 0 Å². The van der Waals surface area contributed by atoms with Gasteiger partial charge in [-0.15, -0.1) is 0 Å². The molecule has 0 aliphatic carbocycles. The van der Waals surface area contributed by atoms with E-state index >= 15 is 0 Å². The van der Waals surface area contributed by atoms with Crippen molar-refractivity contribution in [2.45, 2.75) is 17.9 Å². The van der Waals surface area contributed by atoms with Crippen LogP contribution in [-0.2, 0) is 26.0 Å². The first kappa shape index (κ1) is 22.9. The van der Waals surface area contributed by atoms with Gasteiger partial charge in [-0.05, 0) is 29.8 Å². The summed E-state index contributed by atoms with van der Waals surface area (Å²) in [6, 6.07) is 10.1. The molecule has 168 valence electrons. The molecule has 0 atom stereocenters. The molecule has 31 heavy (non-hydrogen) atoms. The Morgan fingerprint density at radius 2 is 1.94 bits per heavy atom. The molecule has 1 fully saturated rings. The Labute approximate surface area is 178 Å². The Kier molecular flexibility index (Phi) is 7.42. The zero-order valence-electron chi connectivity index (χ0n) is 16.7. The summed E-state index contributed by atoms with van der Waals surface area (Å²) in [6.45, 7) is -1.91. The molecule has 0 saturated carbocycles. The van der Waals surface area contributed by atoms with Gasteiger partial charge in [0.1, 0.15) is 16.4 Å². The van der Waals surface area contributed by atoms with Crippen LogP contribution in [0.15, 0.2) is 47.4 Å². The second-order valence-electron chi connectivity index (χ2n) is 6.63. The Balaban J connectivity index is 1.76. The number of ether oxygens (including phenoxy) is 3. The summed E-state index contributed by atoms with van der Waals surface area (Å²) in [5.74, 6) is -0.363. The standard InChI is InChI=1S/C20H22F2N2O6S/c1-28-17-6-5-14(11-18(17)31(26,27)24-7-9-29-10-8-24)12-19(25)23-15-3-2-4-16(13-15)30-20(21)22/h2-6,11,13,20H,7-10,12H2,1H3,(H,23,25). The summed E-state index contributed by atoms with van der Waals surface area (Å²) in [4.78, 5) is 12.4. The summed E-state index contributed by atoms with van der Waals surface area (Å²) in [5.41, 5.74) is 0.725. The lowest BCUT2D eigenvalue weighted by atomic mass is 10.1. The Morgan fingerprint density at radius 3 is 2.61 bits per heavy atom. The highest BCUT2D eigenvalue weighted by Gasteiger charge is 2.29. The van der Waals surface area contributed by atoms with E-state index < -0.39 is 22.5 Å². The molecule has 8 nitrogen and oxygen atoms in total. The smallest absolute Gasteiger partial charge is 0.387 e. The van der Waals surface area contributed by atoms with Crippen molar-refractivity contribution in [2.24, 2.45) is 0 Å². The molecule has 2 aromatic carbocycles. The summed E-state index contributed by atoms with van der Waals surface area (Å²) in [7, 11) is -2.46. The van der Waals surface area contributed by atoms with Crippen LogP contribution in [0.2, 0.25) is 0 Å². The van der Waals surface area contributed by atoms with Crippen LogP contribution in [-0.4, -0.2) is 58.7 Å². The normalized spacial score (nSPS) is 15.0. The van der Waals surface area contributed by atoms with E-state index in [1.807, 2.05) is 0 Å². The van der Waals surface area contributed by atoms with E-state index in [1.54, 1.807) is 6.07 Å². The van der Waals surface area contributed by atoms with E-state index in [9.17, 15) is 22.0 Å². The second kappa shape index (κ2) is 10.0. The molecule has 1 N–H and O–H groups in total. The predicted octanol–water partition coefficient (Wildman–Crippen LogP) is 2.50. The highest BCUT2D eigenvalue weighted by atomic mass is 32.2. The minimum atomic E-state index is -3.83. The minimum absolute atomic E-state index is 0.0328. The van der Waals surface area contributed by atoms with Gasteiger partial charge >= 0.3 is 6.61 Å². The van der Waals surface area contributed by atoms with Gasteiger partial charge in [-0.2, -0.15) is 13.1 Å². The van der Waals surface area contributed by atoms with Crippen LogP contribution in [0.25, 0.3) is 0 Å². The Bertz CT molecular complexity index is 1030. The fraction of sp³-hybridized carbons (Fsp3) is 0.350. The molecule has 0 radical (unpaired) electrons. The summed E-state index contributed by atoms with van der Waals surface area (Å²) in [5, 5.41) is 2.58. The van der Waals surface area contributed by atoms with Crippen LogP contribution in [0.3, 0.4) is 0 Å². The highest BCUT2D eigenvalue weighted by molar-refractivity contribution is 7.89. The van der Waals surface area contributed by atoms with Crippen molar-refractivity contribution >= 4 is 21.6 Å². The maximum atomic E-state index is 13.0. The van der Waals surface area contributed by atoms with Gasteiger partial charge in [0, 0.05) is 24.8 Å².